The van der Waals surface area contributed by atoms with Gasteiger partial charge in [-0.25, -0.2) is 9.61 Å². The van der Waals surface area contributed by atoms with Crippen LogP contribution in [0.3, 0.4) is 0 Å². The highest BCUT2D eigenvalue weighted by Crippen LogP contribution is 2.28. The van der Waals surface area contributed by atoms with Gasteiger partial charge in [-0.1, -0.05) is 66.7 Å². The minimum Gasteiger partial charge on any atom is -0.379 e. The molecule has 0 fully saturated rings. The number of benzene rings is 3. The first-order chi connectivity index (χ1) is 16.2. The zero-order valence-electron chi connectivity index (χ0n) is 17.9. The lowest BCUT2D eigenvalue weighted by Gasteiger charge is -2.04. The summed E-state index contributed by atoms with van der Waals surface area (Å²) < 4.78 is 6.66. The molecule has 0 bridgehead atoms. The van der Waals surface area contributed by atoms with Crippen molar-refractivity contribution < 1.29 is 9.42 Å². The number of carbonyl (C=O) groups excluding carboxylic acids is 1. The second-order valence-corrected chi connectivity index (χ2v) is 6.96. The van der Waals surface area contributed by atoms with Gasteiger partial charge in [-0.15, -0.1) is 0 Å². The van der Waals surface area contributed by atoms with Gasteiger partial charge in [-0.05, 0) is 34.6 Å². The lowest BCUT2D eigenvalue weighted by atomic mass is 10.2. The number of hydrogen-bond donors (Lipinski definition) is 2. The van der Waals surface area contributed by atoms with Crippen molar-refractivity contribution in [2.45, 2.75) is 0 Å². The highest BCUT2D eigenvalue weighted by Gasteiger charge is 2.19. The molecule has 8 heteroatoms. The summed E-state index contributed by atoms with van der Waals surface area (Å²) in [5.41, 5.74) is 9.77. The van der Waals surface area contributed by atoms with Gasteiger partial charge in [-0.2, -0.15) is 0 Å². The Labute approximate surface area is 190 Å². The summed E-state index contributed by atoms with van der Waals surface area (Å²) in [5.74, 6) is 0.766. The first-order valence-corrected chi connectivity index (χ1v) is 10.2. The minimum absolute atomic E-state index is 0.0411. The van der Waals surface area contributed by atoms with Crippen LogP contribution in [-0.4, -0.2) is 32.8 Å². The van der Waals surface area contributed by atoms with E-state index in [0.717, 1.165) is 16.9 Å². The Hall–Kier alpha value is -4.72. The van der Waals surface area contributed by atoms with Gasteiger partial charge in [0.1, 0.15) is 0 Å². The molecule has 2 aromatic heterocycles. The van der Waals surface area contributed by atoms with E-state index in [1.54, 1.807) is 19.2 Å². The molecule has 1 amide bonds. The molecule has 0 aliphatic rings. The fourth-order valence-corrected chi connectivity index (χ4v) is 3.17. The molecule has 0 saturated carbocycles. The number of para-hydroxylation sites is 1. The average molecular weight is 438 g/mol. The molecule has 0 aliphatic heterocycles. The molecule has 0 saturated heterocycles. The van der Waals surface area contributed by atoms with Crippen LogP contribution < -0.4 is 11.1 Å². The number of nitrogen functional groups attached to an aromatic ring is 1. The van der Waals surface area contributed by atoms with Gasteiger partial charge in [-0.3, -0.25) is 9.36 Å². The second-order valence-electron chi connectivity index (χ2n) is 6.96. The second kappa shape index (κ2) is 10.1. The molecule has 0 spiro atoms. The zero-order chi connectivity index (χ0) is 23.0. The molecule has 0 aliphatic carbocycles. The predicted molar refractivity (Wildman–Crippen MR) is 127 cm³/mol. The molecule has 8 nitrogen and oxygen atoms in total. The van der Waals surface area contributed by atoms with Crippen molar-refractivity contribution in [2.75, 3.05) is 12.8 Å². The van der Waals surface area contributed by atoms with Crippen molar-refractivity contribution in [2.24, 2.45) is 0 Å². The summed E-state index contributed by atoms with van der Waals surface area (Å²) >= 11 is 0. The van der Waals surface area contributed by atoms with Gasteiger partial charge in [0.25, 0.3) is 5.91 Å². The standard InChI is InChI=1S/C17H13N5O.C8H9NO/c18-16-15(20-23-21-16)17-19-14(12-7-3-1-4-8-12)11-22(17)13-9-5-2-6-10-13;1-9-8(10)7-5-3-2-4-6-7/h1-11H,(H2,18,21);2-6H,1H3,(H,9,10). The number of anilines is 1. The van der Waals surface area contributed by atoms with E-state index in [9.17, 15) is 4.79 Å². The number of hydrogen-bond acceptors (Lipinski definition) is 6. The molecule has 5 rings (SSSR count). The Balaban J connectivity index is 0.000000219. The van der Waals surface area contributed by atoms with Gasteiger partial charge in [0.2, 0.25) is 0 Å². The molecular formula is C25H22N6O2. The highest BCUT2D eigenvalue weighted by molar-refractivity contribution is 5.93. The third-order valence-corrected chi connectivity index (χ3v) is 4.80. The fraction of sp³-hybridized carbons (Fsp3) is 0.0400. The van der Waals surface area contributed by atoms with Crippen LogP contribution in [0.15, 0.2) is 102 Å². The summed E-state index contributed by atoms with van der Waals surface area (Å²) in [4.78, 5) is 15.6. The fourth-order valence-electron chi connectivity index (χ4n) is 3.17. The van der Waals surface area contributed by atoms with E-state index in [4.69, 9.17) is 10.4 Å². The number of nitrogens with zero attached hydrogens (tertiary/aromatic N) is 4. The van der Waals surface area contributed by atoms with Crippen LogP contribution in [-0.2, 0) is 0 Å². The number of rotatable bonds is 4. The Bertz CT molecular complexity index is 1320. The lowest BCUT2D eigenvalue weighted by molar-refractivity contribution is 0.0963. The van der Waals surface area contributed by atoms with Crippen molar-refractivity contribution in [1.82, 2.24) is 25.2 Å². The van der Waals surface area contributed by atoms with Crippen molar-refractivity contribution in [3.05, 3.63) is 103 Å². The third-order valence-electron chi connectivity index (χ3n) is 4.80. The summed E-state index contributed by atoms with van der Waals surface area (Å²) in [5, 5.41) is 10.1. The minimum atomic E-state index is -0.0411. The van der Waals surface area contributed by atoms with E-state index < -0.39 is 0 Å². The maximum Gasteiger partial charge on any atom is 0.251 e. The molecule has 0 atom stereocenters. The molecule has 3 aromatic carbocycles. The maximum absolute atomic E-state index is 10.9. The number of nitrogens with two attached hydrogens (primary N) is 1. The summed E-state index contributed by atoms with van der Waals surface area (Å²) in [7, 11) is 1.62. The molecule has 3 N–H and O–H groups in total. The zero-order valence-corrected chi connectivity index (χ0v) is 17.9. The van der Waals surface area contributed by atoms with E-state index in [1.165, 1.54) is 0 Å². The van der Waals surface area contributed by atoms with Crippen molar-refractivity contribution >= 4 is 11.7 Å². The number of nitrogens with one attached hydrogen (secondary N) is 1. The van der Waals surface area contributed by atoms with Crippen LogP contribution in [0.2, 0.25) is 0 Å². The van der Waals surface area contributed by atoms with E-state index >= 15 is 0 Å². The van der Waals surface area contributed by atoms with Gasteiger partial charge in [0.15, 0.2) is 17.3 Å². The number of imidazole rings is 1. The van der Waals surface area contributed by atoms with Crippen molar-refractivity contribution in [3.63, 3.8) is 0 Å². The smallest absolute Gasteiger partial charge is 0.251 e. The molecule has 5 aromatic rings. The Morgan fingerprint density at radius 3 is 2.06 bits per heavy atom. The van der Waals surface area contributed by atoms with Crippen LogP contribution in [0.1, 0.15) is 10.4 Å². The topological polar surface area (TPSA) is 112 Å². The summed E-state index contributed by atoms with van der Waals surface area (Å²) in [6.45, 7) is 0. The maximum atomic E-state index is 10.9. The van der Waals surface area contributed by atoms with Crippen LogP contribution in [0.5, 0.6) is 0 Å². The van der Waals surface area contributed by atoms with E-state index in [-0.39, 0.29) is 11.7 Å². The molecule has 2 heterocycles. The van der Waals surface area contributed by atoms with Crippen molar-refractivity contribution in [1.29, 1.82) is 0 Å². The molecule has 0 unspecified atom stereocenters. The Kier molecular flexibility index (Phi) is 6.56. The lowest BCUT2D eigenvalue weighted by Crippen LogP contribution is -2.17. The Morgan fingerprint density at radius 1 is 0.879 bits per heavy atom. The first kappa shape index (κ1) is 21.5. The number of amides is 1. The third kappa shape index (κ3) is 4.96. The van der Waals surface area contributed by atoms with Gasteiger partial charge in [0.05, 0.1) is 5.69 Å². The molecular weight excluding hydrogens is 416 g/mol. The van der Waals surface area contributed by atoms with Crippen molar-refractivity contribution in [3.8, 4) is 28.5 Å². The first-order valence-electron chi connectivity index (χ1n) is 10.2. The quantitative estimate of drug-likeness (QED) is 0.435. The van der Waals surface area contributed by atoms with Gasteiger partial charge >= 0.3 is 0 Å². The number of carbonyl (C=O) groups is 1. The van der Waals surface area contributed by atoms with Crippen LogP contribution in [0.25, 0.3) is 28.5 Å². The predicted octanol–water partition coefficient (Wildman–Crippen LogP) is 4.22. The van der Waals surface area contributed by atoms with E-state index in [1.807, 2.05) is 89.6 Å². The molecule has 0 radical (unpaired) electrons. The average Bonchev–Trinajstić information content (AvgIpc) is 3.52. The summed E-state index contributed by atoms with van der Waals surface area (Å²) in [6, 6.07) is 28.9. The largest absolute Gasteiger partial charge is 0.379 e. The SMILES string of the molecule is CNC(=O)c1ccccc1.Nc1nonc1-c1nc(-c2ccccc2)cn1-c1ccccc1. The van der Waals surface area contributed by atoms with E-state index in [0.29, 0.717) is 17.1 Å². The van der Waals surface area contributed by atoms with Crippen LogP contribution in [0.4, 0.5) is 5.82 Å². The van der Waals surface area contributed by atoms with Gasteiger partial charge < -0.3 is 11.1 Å². The summed E-state index contributed by atoms with van der Waals surface area (Å²) in [6.07, 6.45) is 1.95. The molecule has 33 heavy (non-hydrogen) atoms. The highest BCUT2D eigenvalue weighted by atomic mass is 16.6. The normalized spacial score (nSPS) is 10.2. The molecule has 164 valence electrons. The van der Waals surface area contributed by atoms with Crippen LogP contribution >= 0.6 is 0 Å². The van der Waals surface area contributed by atoms with Crippen LogP contribution in [0, 0.1) is 0 Å². The van der Waals surface area contributed by atoms with E-state index in [2.05, 4.69) is 20.6 Å². The van der Waals surface area contributed by atoms with Gasteiger partial charge in [0, 0.05) is 30.1 Å². The monoisotopic (exact) mass is 438 g/mol. The number of aromatic nitrogens is 4. The Morgan fingerprint density at radius 2 is 1.48 bits per heavy atom.